The minimum Gasteiger partial charge on any atom is -0.356 e. The van der Waals surface area contributed by atoms with Crippen LogP contribution in [0.15, 0.2) is 41.3 Å². The summed E-state index contributed by atoms with van der Waals surface area (Å²) in [7, 11) is -3.45. The van der Waals surface area contributed by atoms with Gasteiger partial charge < -0.3 is 9.80 Å². The number of piperazine rings is 1. The van der Waals surface area contributed by atoms with Gasteiger partial charge in [-0.25, -0.2) is 8.42 Å². The monoisotopic (exact) mass is 501 g/mol. The second-order valence-corrected chi connectivity index (χ2v) is 9.45. The number of sulfonamides is 1. The van der Waals surface area contributed by atoms with Gasteiger partial charge in [0.2, 0.25) is 10.0 Å². The van der Waals surface area contributed by atoms with Crippen LogP contribution in [-0.4, -0.2) is 62.2 Å². The Balaban J connectivity index is 1.65. The van der Waals surface area contributed by atoms with E-state index in [0.29, 0.717) is 31.1 Å². The molecule has 146 valence electrons. The summed E-state index contributed by atoms with van der Waals surface area (Å²) < 4.78 is 28.2. The second kappa shape index (κ2) is 8.70. The molecule has 1 aromatic heterocycles. The molecule has 0 amide bonds. The van der Waals surface area contributed by atoms with Crippen molar-refractivity contribution in [1.29, 1.82) is 0 Å². The SMILES string of the molecule is CCN(CC)c1ccc(N2CCN(S(=O)(=O)c3ccc(I)cc3)CC2)nn1. The number of nitrogens with zero attached hydrogens (tertiary/aromatic N) is 5. The highest BCUT2D eigenvalue weighted by Gasteiger charge is 2.29. The maximum absolute atomic E-state index is 12.8. The number of benzene rings is 1. The molecule has 9 heteroatoms. The molecule has 3 rings (SSSR count). The highest BCUT2D eigenvalue weighted by molar-refractivity contribution is 14.1. The molecule has 1 aromatic carbocycles. The quantitative estimate of drug-likeness (QED) is 0.567. The molecule has 1 fully saturated rings. The van der Waals surface area contributed by atoms with Crippen LogP contribution in [0.5, 0.6) is 0 Å². The van der Waals surface area contributed by atoms with E-state index in [1.54, 1.807) is 16.4 Å². The minimum atomic E-state index is -3.45. The molecule has 1 aliphatic heterocycles. The first-order valence-electron chi connectivity index (χ1n) is 9.05. The maximum atomic E-state index is 12.8. The first kappa shape index (κ1) is 20.3. The van der Waals surface area contributed by atoms with Crippen molar-refractivity contribution in [3.05, 3.63) is 40.0 Å². The van der Waals surface area contributed by atoms with Crippen molar-refractivity contribution < 1.29 is 8.42 Å². The third-order valence-electron chi connectivity index (χ3n) is 4.74. The Kier molecular flexibility index (Phi) is 6.53. The summed E-state index contributed by atoms with van der Waals surface area (Å²) in [6, 6.07) is 10.9. The first-order chi connectivity index (χ1) is 13.0. The van der Waals surface area contributed by atoms with Crippen molar-refractivity contribution >= 4 is 44.2 Å². The van der Waals surface area contributed by atoms with Crippen LogP contribution in [-0.2, 0) is 10.0 Å². The van der Waals surface area contributed by atoms with Gasteiger partial charge in [0.25, 0.3) is 0 Å². The van der Waals surface area contributed by atoms with Gasteiger partial charge in [-0.1, -0.05) is 0 Å². The Morgan fingerprint density at radius 1 is 0.963 bits per heavy atom. The Morgan fingerprint density at radius 2 is 1.59 bits per heavy atom. The standard InChI is InChI=1S/C18H24IN5O2S/c1-3-22(4-2)17-9-10-18(21-20-17)23-11-13-24(14-12-23)27(25,26)16-7-5-15(19)6-8-16/h5-10H,3-4,11-14H2,1-2H3. The number of aromatic nitrogens is 2. The third-order valence-corrected chi connectivity index (χ3v) is 7.37. The third kappa shape index (κ3) is 4.52. The molecule has 0 N–H and O–H groups in total. The summed E-state index contributed by atoms with van der Waals surface area (Å²) in [5.41, 5.74) is 0. The summed E-state index contributed by atoms with van der Waals surface area (Å²) in [6.45, 7) is 8.03. The van der Waals surface area contributed by atoms with Crippen molar-refractivity contribution in [3.8, 4) is 0 Å². The molecule has 27 heavy (non-hydrogen) atoms. The van der Waals surface area contributed by atoms with Crippen LogP contribution in [0.4, 0.5) is 11.6 Å². The van der Waals surface area contributed by atoms with E-state index in [1.807, 2.05) is 24.3 Å². The van der Waals surface area contributed by atoms with Crippen molar-refractivity contribution in [2.45, 2.75) is 18.7 Å². The number of hydrogen-bond donors (Lipinski definition) is 0. The van der Waals surface area contributed by atoms with Crippen LogP contribution in [0, 0.1) is 3.57 Å². The Hall–Kier alpha value is -1.46. The lowest BCUT2D eigenvalue weighted by atomic mass is 10.3. The van der Waals surface area contributed by atoms with E-state index in [0.717, 1.165) is 28.3 Å². The number of anilines is 2. The van der Waals surface area contributed by atoms with E-state index in [-0.39, 0.29) is 0 Å². The van der Waals surface area contributed by atoms with Crippen LogP contribution >= 0.6 is 22.6 Å². The van der Waals surface area contributed by atoms with Gasteiger partial charge in [-0.05, 0) is 72.8 Å². The van der Waals surface area contributed by atoms with Gasteiger partial charge in [0.1, 0.15) is 0 Å². The number of rotatable bonds is 6. The normalized spacial score (nSPS) is 15.7. The second-order valence-electron chi connectivity index (χ2n) is 6.27. The molecule has 0 aliphatic carbocycles. The predicted octanol–water partition coefficient (Wildman–Crippen LogP) is 2.44. The summed E-state index contributed by atoms with van der Waals surface area (Å²) in [5, 5.41) is 8.66. The van der Waals surface area contributed by atoms with E-state index in [9.17, 15) is 8.42 Å². The Morgan fingerprint density at radius 3 is 2.11 bits per heavy atom. The molecule has 1 saturated heterocycles. The topological polar surface area (TPSA) is 69.6 Å². The molecule has 2 aromatic rings. The van der Waals surface area contributed by atoms with Gasteiger partial charge in [0, 0.05) is 42.8 Å². The van der Waals surface area contributed by atoms with Crippen LogP contribution in [0.25, 0.3) is 0 Å². The average molecular weight is 501 g/mol. The van der Waals surface area contributed by atoms with Gasteiger partial charge in [0.05, 0.1) is 4.90 Å². The lowest BCUT2D eigenvalue weighted by Crippen LogP contribution is -2.49. The summed E-state index contributed by atoms with van der Waals surface area (Å²) in [6.07, 6.45) is 0. The van der Waals surface area contributed by atoms with Crippen molar-refractivity contribution in [2.75, 3.05) is 49.1 Å². The predicted molar refractivity (Wildman–Crippen MR) is 116 cm³/mol. The summed E-state index contributed by atoms with van der Waals surface area (Å²) in [5.74, 6) is 1.65. The highest BCUT2D eigenvalue weighted by atomic mass is 127. The van der Waals surface area contributed by atoms with E-state index in [2.05, 4.69) is 56.4 Å². The summed E-state index contributed by atoms with van der Waals surface area (Å²) >= 11 is 2.17. The van der Waals surface area contributed by atoms with Gasteiger partial charge in [-0.15, -0.1) is 10.2 Å². The molecule has 0 saturated carbocycles. The van der Waals surface area contributed by atoms with Crippen LogP contribution in [0.3, 0.4) is 0 Å². The average Bonchev–Trinajstić information content (AvgIpc) is 2.70. The first-order valence-corrected chi connectivity index (χ1v) is 11.6. The fourth-order valence-corrected chi connectivity index (χ4v) is 4.90. The van der Waals surface area contributed by atoms with Crippen LogP contribution < -0.4 is 9.80 Å². The molecule has 0 atom stereocenters. The molecular formula is C18H24IN5O2S. The van der Waals surface area contributed by atoms with Crippen molar-refractivity contribution in [3.63, 3.8) is 0 Å². The molecule has 2 heterocycles. The number of halogens is 1. The van der Waals surface area contributed by atoms with Crippen molar-refractivity contribution in [1.82, 2.24) is 14.5 Å². The van der Waals surface area contributed by atoms with Crippen LogP contribution in [0.2, 0.25) is 0 Å². The van der Waals surface area contributed by atoms with Gasteiger partial charge in [0.15, 0.2) is 11.6 Å². The van der Waals surface area contributed by atoms with Gasteiger partial charge in [-0.3, -0.25) is 0 Å². The molecule has 7 nitrogen and oxygen atoms in total. The van der Waals surface area contributed by atoms with E-state index < -0.39 is 10.0 Å². The van der Waals surface area contributed by atoms with Gasteiger partial charge in [-0.2, -0.15) is 4.31 Å². The largest absolute Gasteiger partial charge is 0.356 e. The molecule has 0 spiro atoms. The molecule has 0 radical (unpaired) electrons. The molecule has 1 aliphatic rings. The van der Waals surface area contributed by atoms with E-state index in [4.69, 9.17) is 0 Å². The molecular weight excluding hydrogens is 477 g/mol. The molecule has 0 unspecified atom stereocenters. The van der Waals surface area contributed by atoms with Crippen LogP contribution in [0.1, 0.15) is 13.8 Å². The Bertz CT molecular complexity index is 846. The number of hydrogen-bond acceptors (Lipinski definition) is 6. The summed E-state index contributed by atoms with van der Waals surface area (Å²) in [4.78, 5) is 4.57. The maximum Gasteiger partial charge on any atom is 0.243 e. The lowest BCUT2D eigenvalue weighted by Gasteiger charge is -2.34. The Labute approximate surface area is 174 Å². The fraction of sp³-hybridized carbons (Fsp3) is 0.444. The zero-order chi connectivity index (χ0) is 19.4. The smallest absolute Gasteiger partial charge is 0.243 e. The molecule has 0 bridgehead atoms. The lowest BCUT2D eigenvalue weighted by molar-refractivity contribution is 0.383. The zero-order valence-electron chi connectivity index (χ0n) is 15.5. The van der Waals surface area contributed by atoms with Crippen molar-refractivity contribution in [2.24, 2.45) is 0 Å². The van der Waals surface area contributed by atoms with E-state index >= 15 is 0 Å². The fourth-order valence-electron chi connectivity index (χ4n) is 3.12. The zero-order valence-corrected chi connectivity index (χ0v) is 18.5. The van der Waals surface area contributed by atoms with E-state index in [1.165, 1.54) is 0 Å². The minimum absolute atomic E-state index is 0.347. The highest BCUT2D eigenvalue weighted by Crippen LogP contribution is 2.21. The van der Waals surface area contributed by atoms with Gasteiger partial charge >= 0.3 is 0 Å².